The number of rotatable bonds is 4. The van der Waals surface area contributed by atoms with E-state index in [1.54, 1.807) is 4.90 Å². The van der Waals surface area contributed by atoms with Gasteiger partial charge in [-0.1, -0.05) is 30.3 Å². The molecule has 1 atom stereocenters. The summed E-state index contributed by atoms with van der Waals surface area (Å²) in [5, 5.41) is 2.72. The minimum absolute atomic E-state index is 0.134. The van der Waals surface area contributed by atoms with Crippen LogP contribution in [0.1, 0.15) is 18.1 Å². The highest BCUT2D eigenvalue weighted by atomic mass is 16.5. The summed E-state index contributed by atoms with van der Waals surface area (Å²) in [6.07, 6.45) is 3.25. The van der Waals surface area contributed by atoms with E-state index < -0.39 is 12.0 Å². The summed E-state index contributed by atoms with van der Waals surface area (Å²) >= 11 is 0. The van der Waals surface area contributed by atoms with Crippen molar-refractivity contribution in [2.24, 2.45) is 0 Å². The lowest BCUT2D eigenvalue weighted by atomic mass is 9.93. The van der Waals surface area contributed by atoms with E-state index in [4.69, 9.17) is 0 Å². The van der Waals surface area contributed by atoms with Crippen LogP contribution < -0.4 is 5.32 Å². The van der Waals surface area contributed by atoms with Crippen LogP contribution in [0.3, 0.4) is 0 Å². The molecule has 0 bridgehead atoms. The topological polar surface area (TPSA) is 75.7 Å². The van der Waals surface area contributed by atoms with E-state index in [0.29, 0.717) is 13.0 Å². The predicted molar refractivity (Wildman–Crippen MR) is 84.3 cm³/mol. The third kappa shape index (κ3) is 4.18. The van der Waals surface area contributed by atoms with E-state index in [1.807, 2.05) is 24.3 Å². The Hall–Kier alpha value is -2.63. The van der Waals surface area contributed by atoms with Crippen molar-refractivity contribution in [1.82, 2.24) is 10.2 Å². The number of carbonyl (C=O) groups excluding carboxylic acids is 3. The molecular formula is C17H20N2O4. The number of benzene rings is 1. The molecule has 1 aliphatic rings. The Kier molecular flexibility index (Phi) is 5.51. The summed E-state index contributed by atoms with van der Waals surface area (Å²) in [4.78, 5) is 36.8. The molecule has 1 aromatic carbocycles. The zero-order valence-electron chi connectivity index (χ0n) is 13.2. The molecule has 6 nitrogen and oxygen atoms in total. The number of amides is 2. The number of fused-ring (bicyclic) bond motifs is 1. The average Bonchev–Trinajstić information content (AvgIpc) is 2.56. The van der Waals surface area contributed by atoms with E-state index >= 15 is 0 Å². The molecule has 0 fully saturated rings. The number of hydrogen-bond acceptors (Lipinski definition) is 4. The van der Waals surface area contributed by atoms with E-state index in [2.05, 4.69) is 10.1 Å². The first-order valence-corrected chi connectivity index (χ1v) is 7.39. The first kappa shape index (κ1) is 16.7. The largest absolute Gasteiger partial charge is 0.466 e. The maximum Gasteiger partial charge on any atom is 0.330 e. The first-order chi connectivity index (χ1) is 11.0. The van der Waals surface area contributed by atoms with Gasteiger partial charge in [0.15, 0.2) is 0 Å². The maximum atomic E-state index is 12.4. The second-order valence-corrected chi connectivity index (χ2v) is 5.31. The van der Waals surface area contributed by atoms with Crippen LogP contribution >= 0.6 is 0 Å². The van der Waals surface area contributed by atoms with Crippen LogP contribution in [0, 0.1) is 0 Å². The van der Waals surface area contributed by atoms with E-state index in [9.17, 15) is 14.4 Å². The molecule has 2 rings (SSSR count). The third-order valence-electron chi connectivity index (χ3n) is 3.80. The minimum atomic E-state index is -0.533. The summed E-state index contributed by atoms with van der Waals surface area (Å²) in [5.41, 5.74) is 2.15. The Morgan fingerprint density at radius 2 is 2.00 bits per heavy atom. The van der Waals surface area contributed by atoms with Crippen LogP contribution in [0.15, 0.2) is 36.4 Å². The van der Waals surface area contributed by atoms with Gasteiger partial charge in [-0.25, -0.2) is 4.79 Å². The van der Waals surface area contributed by atoms with Crippen LogP contribution in [0.25, 0.3) is 0 Å². The molecule has 1 heterocycles. The standard InChI is InChI=1S/C17H20N2O4/c1-12(20)19-11-14-7-4-3-6-13(14)10-15(19)17(22)18-9-5-8-16(21)23-2/h3-8,15H,9-11H2,1-2H3,(H,18,22)/b8-5+. The highest BCUT2D eigenvalue weighted by molar-refractivity contribution is 5.88. The Labute approximate surface area is 135 Å². The number of carbonyl (C=O) groups is 3. The fraction of sp³-hybridized carbons (Fsp3) is 0.353. The maximum absolute atomic E-state index is 12.4. The van der Waals surface area contributed by atoms with Gasteiger partial charge >= 0.3 is 5.97 Å². The van der Waals surface area contributed by atoms with Crippen LogP contribution in [-0.4, -0.2) is 42.4 Å². The average molecular weight is 316 g/mol. The molecule has 1 N–H and O–H groups in total. The summed E-state index contributed by atoms with van der Waals surface area (Å²) in [6, 6.07) is 7.27. The molecular weight excluding hydrogens is 296 g/mol. The van der Waals surface area contributed by atoms with Crippen molar-refractivity contribution >= 4 is 17.8 Å². The highest BCUT2D eigenvalue weighted by Gasteiger charge is 2.32. The Bertz CT molecular complexity index is 639. The van der Waals surface area contributed by atoms with Gasteiger partial charge in [0.2, 0.25) is 11.8 Å². The van der Waals surface area contributed by atoms with Gasteiger partial charge in [-0.3, -0.25) is 9.59 Å². The van der Waals surface area contributed by atoms with Crippen molar-refractivity contribution < 1.29 is 19.1 Å². The number of esters is 1. The molecule has 6 heteroatoms. The minimum Gasteiger partial charge on any atom is -0.466 e. The van der Waals surface area contributed by atoms with Crippen LogP contribution in [0.5, 0.6) is 0 Å². The Morgan fingerprint density at radius 3 is 2.65 bits per heavy atom. The smallest absolute Gasteiger partial charge is 0.330 e. The lowest BCUT2D eigenvalue weighted by Gasteiger charge is -2.35. The molecule has 2 amide bonds. The van der Waals surface area contributed by atoms with E-state index in [0.717, 1.165) is 11.1 Å². The summed E-state index contributed by atoms with van der Waals surface area (Å²) < 4.78 is 4.47. The van der Waals surface area contributed by atoms with Gasteiger partial charge < -0.3 is 15.0 Å². The van der Waals surface area contributed by atoms with E-state index in [1.165, 1.54) is 26.2 Å². The van der Waals surface area contributed by atoms with Crippen molar-refractivity contribution in [2.75, 3.05) is 13.7 Å². The molecule has 0 spiro atoms. The molecule has 0 aromatic heterocycles. The normalized spacial score (nSPS) is 16.8. The lowest BCUT2D eigenvalue weighted by molar-refractivity contribution is -0.140. The fourth-order valence-corrected chi connectivity index (χ4v) is 2.59. The van der Waals surface area contributed by atoms with Gasteiger partial charge in [0.05, 0.1) is 7.11 Å². The molecule has 1 aromatic rings. The Balaban J connectivity index is 2.04. The van der Waals surface area contributed by atoms with Crippen molar-refractivity contribution in [3.05, 3.63) is 47.5 Å². The predicted octanol–water partition coefficient (Wildman–Crippen LogP) is 0.805. The summed E-state index contributed by atoms with van der Waals surface area (Å²) in [6.45, 7) is 2.10. The number of methoxy groups -OCH3 is 1. The van der Waals surface area contributed by atoms with Crippen molar-refractivity contribution in [3.63, 3.8) is 0 Å². The van der Waals surface area contributed by atoms with Gasteiger partial charge in [-0.2, -0.15) is 0 Å². The third-order valence-corrected chi connectivity index (χ3v) is 3.80. The molecule has 23 heavy (non-hydrogen) atoms. The molecule has 1 aliphatic heterocycles. The fourth-order valence-electron chi connectivity index (χ4n) is 2.59. The molecule has 0 radical (unpaired) electrons. The Morgan fingerprint density at radius 1 is 1.30 bits per heavy atom. The van der Waals surface area contributed by atoms with Crippen molar-refractivity contribution in [2.45, 2.75) is 25.9 Å². The summed E-state index contributed by atoms with van der Waals surface area (Å²) in [7, 11) is 1.29. The molecule has 0 saturated heterocycles. The second-order valence-electron chi connectivity index (χ2n) is 5.31. The van der Waals surface area contributed by atoms with Crippen LogP contribution in [0.2, 0.25) is 0 Å². The monoisotopic (exact) mass is 316 g/mol. The van der Waals surface area contributed by atoms with Gasteiger partial charge in [0.25, 0.3) is 0 Å². The first-order valence-electron chi connectivity index (χ1n) is 7.39. The number of hydrogen-bond donors (Lipinski definition) is 1. The number of nitrogens with one attached hydrogen (secondary N) is 1. The van der Waals surface area contributed by atoms with Crippen LogP contribution in [-0.2, 0) is 32.1 Å². The molecule has 0 aliphatic carbocycles. The zero-order chi connectivity index (χ0) is 16.8. The zero-order valence-corrected chi connectivity index (χ0v) is 13.2. The SMILES string of the molecule is COC(=O)/C=C/CNC(=O)C1Cc2ccccc2CN1C(C)=O. The number of nitrogens with zero attached hydrogens (tertiary/aromatic N) is 1. The van der Waals surface area contributed by atoms with Crippen LogP contribution in [0.4, 0.5) is 0 Å². The van der Waals surface area contributed by atoms with Gasteiger partial charge in [0.1, 0.15) is 6.04 Å². The van der Waals surface area contributed by atoms with E-state index in [-0.39, 0.29) is 18.4 Å². The van der Waals surface area contributed by atoms with Crippen molar-refractivity contribution in [1.29, 1.82) is 0 Å². The summed E-state index contributed by atoms with van der Waals surface area (Å²) in [5.74, 6) is -0.842. The van der Waals surface area contributed by atoms with Gasteiger partial charge in [0, 0.05) is 32.5 Å². The van der Waals surface area contributed by atoms with Gasteiger partial charge in [-0.05, 0) is 11.1 Å². The quantitative estimate of drug-likeness (QED) is 0.659. The number of ether oxygens (including phenoxy) is 1. The highest BCUT2D eigenvalue weighted by Crippen LogP contribution is 2.23. The molecule has 1 unspecified atom stereocenters. The second kappa shape index (κ2) is 7.58. The molecule has 122 valence electrons. The van der Waals surface area contributed by atoms with Crippen molar-refractivity contribution in [3.8, 4) is 0 Å². The molecule has 0 saturated carbocycles. The lowest BCUT2D eigenvalue weighted by Crippen LogP contribution is -2.52. The van der Waals surface area contributed by atoms with Gasteiger partial charge in [-0.15, -0.1) is 0 Å².